The molecule has 3 aromatic rings. The van der Waals surface area contributed by atoms with Crippen molar-refractivity contribution in [3.63, 3.8) is 0 Å². The van der Waals surface area contributed by atoms with Gasteiger partial charge in [0, 0.05) is 44.1 Å². The Morgan fingerprint density at radius 2 is 1.65 bits per heavy atom. The third-order valence-corrected chi connectivity index (χ3v) is 7.89. The van der Waals surface area contributed by atoms with Gasteiger partial charge < -0.3 is 24.8 Å². The van der Waals surface area contributed by atoms with Crippen LogP contribution in [0.15, 0.2) is 66.7 Å². The highest BCUT2D eigenvalue weighted by Gasteiger charge is 2.36. The van der Waals surface area contributed by atoms with Gasteiger partial charge in [-0.1, -0.05) is 36.4 Å². The van der Waals surface area contributed by atoms with E-state index in [0.717, 1.165) is 59.9 Å². The summed E-state index contributed by atoms with van der Waals surface area (Å²) >= 11 is 0. The Labute approximate surface area is 219 Å². The van der Waals surface area contributed by atoms with E-state index in [0.29, 0.717) is 25.0 Å². The van der Waals surface area contributed by atoms with E-state index < -0.39 is 0 Å². The van der Waals surface area contributed by atoms with E-state index in [1.165, 1.54) is 31.4 Å². The van der Waals surface area contributed by atoms with Crippen molar-refractivity contribution in [2.45, 2.75) is 45.4 Å². The number of anilines is 1. The highest BCUT2D eigenvalue weighted by Crippen LogP contribution is 2.42. The minimum absolute atomic E-state index is 0.192. The summed E-state index contributed by atoms with van der Waals surface area (Å²) in [6, 6.07) is 22.9. The van der Waals surface area contributed by atoms with E-state index in [9.17, 15) is 4.79 Å². The molecule has 6 heteroatoms. The van der Waals surface area contributed by atoms with E-state index >= 15 is 0 Å². The van der Waals surface area contributed by atoms with Gasteiger partial charge in [-0.3, -0.25) is 4.79 Å². The van der Waals surface area contributed by atoms with Crippen molar-refractivity contribution in [3.05, 3.63) is 83.4 Å². The van der Waals surface area contributed by atoms with Crippen molar-refractivity contribution >= 4 is 12.2 Å². The number of carbonyl (C=O) groups excluding carboxylic acids is 1. The number of hydrogen-bond donors (Lipinski definition) is 1. The molecular formula is C31H36N2O4. The Morgan fingerprint density at radius 1 is 0.865 bits per heavy atom. The maximum Gasteiger partial charge on any atom is 0.293 e. The average molecular weight is 501 g/mol. The van der Waals surface area contributed by atoms with Crippen molar-refractivity contribution in [3.8, 4) is 16.9 Å². The molecule has 6 nitrogen and oxygen atoms in total. The number of nitrogens with two attached hydrogens (primary N) is 1. The fourth-order valence-electron chi connectivity index (χ4n) is 5.58. The van der Waals surface area contributed by atoms with Gasteiger partial charge in [0.2, 0.25) is 0 Å². The summed E-state index contributed by atoms with van der Waals surface area (Å²) in [4.78, 5) is 13.2. The number of nitrogens with zero attached hydrogens (tertiary/aromatic N) is 1. The van der Waals surface area contributed by atoms with Gasteiger partial charge in [0.1, 0.15) is 19.0 Å². The quantitative estimate of drug-likeness (QED) is 0.393. The normalized spacial score (nSPS) is 16.9. The smallest absolute Gasteiger partial charge is 0.293 e. The highest BCUT2D eigenvalue weighted by molar-refractivity contribution is 5.70. The first-order valence-electron chi connectivity index (χ1n) is 13.2. The SMILES string of the molecule is NCc1cccc(-c2cc(COc3ccccc3COC=O)cc(N3CCC4(CCOCC4)CC3)c2)c1. The van der Waals surface area contributed by atoms with E-state index in [1.54, 1.807) is 0 Å². The lowest BCUT2D eigenvalue weighted by Crippen LogP contribution is -2.43. The first-order valence-corrected chi connectivity index (χ1v) is 13.2. The Kier molecular flexibility index (Phi) is 8.07. The standard InChI is InChI=1S/C31H36N2O4/c32-20-24-4-3-6-26(16-24)28-17-25(21-37-30-7-2-1-5-27(30)22-36-23-34)18-29(19-28)33-12-8-31(9-13-33)10-14-35-15-11-31/h1-7,16-19,23H,8-15,20-22,32H2. The van der Waals surface area contributed by atoms with Crippen molar-refractivity contribution in [1.29, 1.82) is 0 Å². The fourth-order valence-corrected chi connectivity index (χ4v) is 5.58. The van der Waals surface area contributed by atoms with Crippen molar-refractivity contribution in [2.75, 3.05) is 31.2 Å². The lowest BCUT2D eigenvalue weighted by Gasteiger charge is -2.45. The molecule has 0 unspecified atom stereocenters. The zero-order valence-electron chi connectivity index (χ0n) is 21.4. The second-order valence-electron chi connectivity index (χ2n) is 10.2. The van der Waals surface area contributed by atoms with Crippen molar-refractivity contribution in [2.24, 2.45) is 11.1 Å². The van der Waals surface area contributed by atoms with Crippen LogP contribution in [0.4, 0.5) is 5.69 Å². The third-order valence-electron chi connectivity index (χ3n) is 7.89. The van der Waals surface area contributed by atoms with Gasteiger partial charge in [0.25, 0.3) is 6.47 Å². The molecule has 0 aliphatic carbocycles. The molecule has 0 bridgehead atoms. The van der Waals surface area contributed by atoms with Gasteiger partial charge in [0.05, 0.1) is 0 Å². The molecule has 3 aromatic carbocycles. The number of carbonyl (C=O) groups is 1. The summed E-state index contributed by atoms with van der Waals surface area (Å²) in [6.45, 7) is 5.49. The fraction of sp³-hybridized carbons (Fsp3) is 0.387. The molecule has 2 heterocycles. The molecule has 0 radical (unpaired) electrons. The summed E-state index contributed by atoms with van der Waals surface area (Å²) in [5.41, 5.74) is 13.0. The molecule has 2 fully saturated rings. The molecule has 2 aliphatic heterocycles. The average Bonchev–Trinajstić information content (AvgIpc) is 2.96. The number of piperidine rings is 1. The van der Waals surface area contributed by atoms with Crippen LogP contribution >= 0.6 is 0 Å². The molecule has 0 atom stereocenters. The van der Waals surface area contributed by atoms with Crippen LogP contribution < -0.4 is 15.4 Å². The third kappa shape index (κ3) is 6.14. The van der Waals surface area contributed by atoms with Gasteiger partial charge in [-0.2, -0.15) is 0 Å². The zero-order valence-corrected chi connectivity index (χ0v) is 21.4. The first-order chi connectivity index (χ1) is 18.2. The van der Waals surface area contributed by atoms with Crippen LogP contribution in [0.1, 0.15) is 42.4 Å². The lowest BCUT2D eigenvalue weighted by atomic mass is 9.72. The predicted octanol–water partition coefficient (Wildman–Crippen LogP) is 5.46. The molecule has 2 saturated heterocycles. The molecule has 37 heavy (non-hydrogen) atoms. The van der Waals surface area contributed by atoms with Crippen LogP contribution in [-0.4, -0.2) is 32.8 Å². The second-order valence-corrected chi connectivity index (χ2v) is 10.2. The number of hydrogen-bond acceptors (Lipinski definition) is 6. The summed E-state index contributed by atoms with van der Waals surface area (Å²) < 4.78 is 16.9. The van der Waals surface area contributed by atoms with Crippen molar-refractivity contribution in [1.82, 2.24) is 0 Å². The van der Waals surface area contributed by atoms with Gasteiger partial charge in [-0.25, -0.2) is 0 Å². The maximum atomic E-state index is 10.7. The Hall–Kier alpha value is -3.35. The molecule has 0 aromatic heterocycles. The summed E-state index contributed by atoms with van der Waals surface area (Å²) in [5.74, 6) is 0.723. The lowest BCUT2D eigenvalue weighted by molar-refractivity contribution is -0.129. The molecule has 5 rings (SSSR count). The van der Waals surface area contributed by atoms with Gasteiger partial charge >= 0.3 is 0 Å². The van der Waals surface area contributed by atoms with Gasteiger partial charge in [-0.05, 0) is 83.7 Å². The van der Waals surface area contributed by atoms with Crippen LogP contribution in [-0.2, 0) is 34.0 Å². The van der Waals surface area contributed by atoms with E-state index in [2.05, 4.69) is 47.4 Å². The largest absolute Gasteiger partial charge is 0.488 e. The molecule has 194 valence electrons. The van der Waals surface area contributed by atoms with E-state index in [4.69, 9.17) is 19.9 Å². The molecule has 1 spiro atoms. The van der Waals surface area contributed by atoms with E-state index in [1.807, 2.05) is 24.3 Å². The van der Waals surface area contributed by atoms with Crippen LogP contribution in [0.5, 0.6) is 5.75 Å². The van der Waals surface area contributed by atoms with Crippen LogP contribution in [0, 0.1) is 5.41 Å². The van der Waals surface area contributed by atoms with Gasteiger partial charge in [0.15, 0.2) is 0 Å². The number of rotatable bonds is 9. The molecule has 2 aliphatic rings. The summed E-state index contributed by atoms with van der Waals surface area (Å²) in [6.07, 6.45) is 4.77. The molecule has 2 N–H and O–H groups in total. The minimum atomic E-state index is 0.192. The first kappa shape index (κ1) is 25.3. The monoisotopic (exact) mass is 500 g/mol. The Balaban J connectivity index is 1.40. The van der Waals surface area contributed by atoms with Crippen LogP contribution in [0.3, 0.4) is 0 Å². The summed E-state index contributed by atoms with van der Waals surface area (Å²) in [5, 5.41) is 0. The minimum Gasteiger partial charge on any atom is -0.488 e. The van der Waals surface area contributed by atoms with Crippen LogP contribution in [0.2, 0.25) is 0 Å². The van der Waals surface area contributed by atoms with E-state index in [-0.39, 0.29) is 6.61 Å². The Bertz CT molecular complexity index is 1200. The van der Waals surface area contributed by atoms with Crippen LogP contribution in [0.25, 0.3) is 11.1 Å². The van der Waals surface area contributed by atoms with Crippen molar-refractivity contribution < 1.29 is 19.0 Å². The Morgan fingerprint density at radius 3 is 2.43 bits per heavy atom. The number of ether oxygens (including phenoxy) is 3. The highest BCUT2D eigenvalue weighted by atomic mass is 16.5. The number of para-hydroxylation sites is 1. The maximum absolute atomic E-state index is 10.7. The molecule has 0 amide bonds. The topological polar surface area (TPSA) is 74.0 Å². The second kappa shape index (κ2) is 11.8. The number of benzene rings is 3. The molecule has 0 saturated carbocycles. The van der Waals surface area contributed by atoms with Gasteiger partial charge in [-0.15, -0.1) is 0 Å². The summed E-state index contributed by atoms with van der Waals surface area (Å²) in [7, 11) is 0. The molecular weight excluding hydrogens is 464 g/mol. The zero-order chi connectivity index (χ0) is 25.5. The predicted molar refractivity (Wildman–Crippen MR) is 145 cm³/mol.